The molecule has 0 aliphatic heterocycles. The van der Waals surface area contributed by atoms with Crippen LogP contribution in [0.3, 0.4) is 0 Å². The van der Waals surface area contributed by atoms with E-state index in [1.807, 2.05) is 73.6 Å². The molecule has 0 spiro atoms. The van der Waals surface area contributed by atoms with Crippen molar-refractivity contribution in [3.63, 3.8) is 0 Å². The molecular formula is C23H37NO. The largest absolute Gasteiger partial charge is 0.361 e. The molecule has 140 valence electrons. The van der Waals surface area contributed by atoms with Gasteiger partial charge in [0.05, 0.1) is 0 Å². The Bertz CT molecular complexity index is 655. The predicted molar refractivity (Wildman–Crippen MR) is 116 cm³/mol. The number of Topliss-reactive ketones (excluding diaryl/α,β-unsaturated/α-hetero) is 1. The molecule has 0 bridgehead atoms. The summed E-state index contributed by atoms with van der Waals surface area (Å²) in [6.07, 6.45) is 14.1. The molecule has 1 rings (SSSR count). The molecule has 0 radical (unpaired) electrons. The Morgan fingerprint density at radius 2 is 1.56 bits per heavy atom. The molecule has 0 amide bonds. The SMILES string of the molecule is C=C/C=c1/c(C(=O)C(/C=C\C)=C/C=C)c[nH]/c1=C/C.CC.CC.CC. The van der Waals surface area contributed by atoms with Crippen LogP contribution in [0.25, 0.3) is 12.2 Å². The summed E-state index contributed by atoms with van der Waals surface area (Å²) in [5.41, 5.74) is 1.25. The monoisotopic (exact) mass is 343 g/mol. The zero-order valence-corrected chi connectivity index (χ0v) is 17.4. The summed E-state index contributed by atoms with van der Waals surface area (Å²) < 4.78 is 0. The number of rotatable bonds is 5. The number of H-pyrrole nitrogens is 1. The van der Waals surface area contributed by atoms with Gasteiger partial charge in [-0.3, -0.25) is 4.79 Å². The summed E-state index contributed by atoms with van der Waals surface area (Å²) in [5.74, 6) is -0.0320. The molecule has 1 N–H and O–H groups in total. The molecule has 0 aromatic carbocycles. The standard InChI is InChI=1S/C17H19NO.3C2H6/c1-5-9-13(10-6-2)17(19)15-12-18-16(8-4)14(15)11-7-3;3*1-2/h5-12,18H,1,3H2,2,4H3;3*1-2H3/b10-6-,13-9+,14-11-,16-8+;;;. The zero-order chi connectivity index (χ0) is 20.3. The molecule has 0 aliphatic carbocycles. The molecule has 0 saturated carbocycles. The maximum absolute atomic E-state index is 12.5. The van der Waals surface area contributed by atoms with E-state index in [2.05, 4.69) is 18.1 Å². The summed E-state index contributed by atoms with van der Waals surface area (Å²) >= 11 is 0. The zero-order valence-electron chi connectivity index (χ0n) is 17.4. The van der Waals surface area contributed by atoms with E-state index in [0.29, 0.717) is 11.1 Å². The van der Waals surface area contributed by atoms with Gasteiger partial charge in [0, 0.05) is 27.9 Å². The smallest absolute Gasteiger partial charge is 0.195 e. The first-order valence-corrected chi connectivity index (χ1v) is 9.16. The molecule has 1 aromatic heterocycles. The first kappa shape index (κ1) is 27.5. The summed E-state index contributed by atoms with van der Waals surface area (Å²) in [6.45, 7) is 23.1. The lowest BCUT2D eigenvalue weighted by Gasteiger charge is -1.98. The average Bonchev–Trinajstić information content (AvgIpc) is 3.09. The Hall–Kier alpha value is -2.35. The van der Waals surface area contributed by atoms with Crippen LogP contribution in [0.4, 0.5) is 0 Å². The van der Waals surface area contributed by atoms with Crippen LogP contribution in [-0.2, 0) is 0 Å². The van der Waals surface area contributed by atoms with E-state index in [9.17, 15) is 4.79 Å². The number of hydrogen-bond acceptors (Lipinski definition) is 1. The van der Waals surface area contributed by atoms with Gasteiger partial charge in [0.15, 0.2) is 5.78 Å². The van der Waals surface area contributed by atoms with Crippen molar-refractivity contribution in [3.8, 4) is 0 Å². The summed E-state index contributed by atoms with van der Waals surface area (Å²) in [6, 6.07) is 0. The molecule has 1 heterocycles. The number of carbonyl (C=O) groups excluding carboxylic acids is 1. The van der Waals surface area contributed by atoms with Crippen LogP contribution >= 0.6 is 0 Å². The number of nitrogens with one attached hydrogen (secondary N) is 1. The van der Waals surface area contributed by atoms with E-state index >= 15 is 0 Å². The van der Waals surface area contributed by atoms with E-state index in [-0.39, 0.29) is 5.78 Å². The quantitative estimate of drug-likeness (QED) is 0.413. The van der Waals surface area contributed by atoms with Gasteiger partial charge in [0.25, 0.3) is 0 Å². The lowest BCUT2D eigenvalue weighted by Crippen LogP contribution is -2.26. The lowest BCUT2D eigenvalue weighted by molar-refractivity contribution is 0.103. The average molecular weight is 344 g/mol. The van der Waals surface area contributed by atoms with Crippen molar-refractivity contribution in [2.45, 2.75) is 55.4 Å². The number of carbonyl (C=O) groups is 1. The van der Waals surface area contributed by atoms with Gasteiger partial charge in [-0.25, -0.2) is 0 Å². The van der Waals surface area contributed by atoms with Gasteiger partial charge in [0.2, 0.25) is 0 Å². The molecule has 0 saturated heterocycles. The third-order valence-electron chi connectivity index (χ3n) is 2.68. The van der Waals surface area contributed by atoms with Gasteiger partial charge in [-0.05, 0) is 13.8 Å². The highest BCUT2D eigenvalue weighted by atomic mass is 16.1. The highest BCUT2D eigenvalue weighted by Gasteiger charge is 2.12. The van der Waals surface area contributed by atoms with Gasteiger partial charge < -0.3 is 4.98 Å². The highest BCUT2D eigenvalue weighted by Crippen LogP contribution is 2.06. The third-order valence-corrected chi connectivity index (χ3v) is 2.68. The van der Waals surface area contributed by atoms with Crippen molar-refractivity contribution in [2.24, 2.45) is 0 Å². The molecule has 0 aliphatic rings. The molecular weight excluding hydrogens is 306 g/mol. The van der Waals surface area contributed by atoms with E-state index in [4.69, 9.17) is 0 Å². The molecule has 2 heteroatoms. The van der Waals surface area contributed by atoms with E-state index in [1.54, 1.807) is 30.5 Å². The van der Waals surface area contributed by atoms with Gasteiger partial charge in [-0.2, -0.15) is 0 Å². The fourth-order valence-electron chi connectivity index (χ4n) is 1.84. The maximum Gasteiger partial charge on any atom is 0.195 e. The summed E-state index contributed by atoms with van der Waals surface area (Å²) in [7, 11) is 0. The molecule has 0 unspecified atom stereocenters. The van der Waals surface area contributed by atoms with Gasteiger partial charge in [0.1, 0.15) is 0 Å². The molecule has 0 atom stereocenters. The predicted octanol–water partition coefficient (Wildman–Crippen LogP) is 5.73. The first-order valence-electron chi connectivity index (χ1n) is 9.16. The van der Waals surface area contributed by atoms with E-state index < -0.39 is 0 Å². The van der Waals surface area contributed by atoms with Crippen molar-refractivity contribution < 1.29 is 4.79 Å². The minimum absolute atomic E-state index is 0.0320. The van der Waals surface area contributed by atoms with Crippen LogP contribution in [0, 0.1) is 0 Å². The highest BCUT2D eigenvalue weighted by molar-refractivity contribution is 6.10. The molecule has 25 heavy (non-hydrogen) atoms. The number of aromatic amines is 1. The number of aromatic nitrogens is 1. The van der Waals surface area contributed by atoms with Crippen molar-refractivity contribution in [1.82, 2.24) is 4.98 Å². The van der Waals surface area contributed by atoms with Crippen LogP contribution in [0.15, 0.2) is 55.3 Å². The van der Waals surface area contributed by atoms with Crippen molar-refractivity contribution in [2.75, 3.05) is 0 Å². The molecule has 0 fully saturated rings. The van der Waals surface area contributed by atoms with Crippen molar-refractivity contribution >= 4 is 17.9 Å². The number of allylic oxidation sites excluding steroid dienone is 6. The van der Waals surface area contributed by atoms with Gasteiger partial charge in [-0.15, -0.1) is 0 Å². The van der Waals surface area contributed by atoms with Crippen LogP contribution < -0.4 is 10.6 Å². The third kappa shape index (κ3) is 9.51. The van der Waals surface area contributed by atoms with E-state index in [0.717, 1.165) is 10.6 Å². The molecule has 1 aromatic rings. The Morgan fingerprint density at radius 1 is 1.00 bits per heavy atom. The Kier molecular flexibility index (Phi) is 21.7. The second-order valence-electron chi connectivity index (χ2n) is 3.91. The summed E-state index contributed by atoms with van der Waals surface area (Å²) in [5, 5.41) is 1.78. The Balaban J connectivity index is -0.000000725. The normalized spacial score (nSPS) is 11.4. The lowest BCUT2D eigenvalue weighted by atomic mass is 10.0. The molecule has 2 nitrogen and oxygen atoms in total. The van der Waals surface area contributed by atoms with E-state index in [1.165, 1.54) is 0 Å². The van der Waals surface area contributed by atoms with Gasteiger partial charge >= 0.3 is 0 Å². The minimum Gasteiger partial charge on any atom is -0.361 e. The Morgan fingerprint density at radius 3 is 1.96 bits per heavy atom. The first-order chi connectivity index (χ1) is 12.2. The van der Waals surface area contributed by atoms with Crippen molar-refractivity contribution in [3.05, 3.63) is 71.4 Å². The second-order valence-corrected chi connectivity index (χ2v) is 3.91. The maximum atomic E-state index is 12.5. The number of hydrogen-bond donors (Lipinski definition) is 1. The van der Waals surface area contributed by atoms with Crippen LogP contribution in [0.2, 0.25) is 0 Å². The fourth-order valence-corrected chi connectivity index (χ4v) is 1.84. The number of ketones is 1. The fraction of sp³-hybridized carbons (Fsp3) is 0.348. The van der Waals surface area contributed by atoms with Crippen LogP contribution in [-0.4, -0.2) is 10.8 Å². The van der Waals surface area contributed by atoms with Gasteiger partial charge in [-0.1, -0.05) is 97.2 Å². The topological polar surface area (TPSA) is 32.9 Å². The second kappa shape index (κ2) is 19.7. The van der Waals surface area contributed by atoms with Crippen LogP contribution in [0.1, 0.15) is 65.7 Å². The van der Waals surface area contributed by atoms with Crippen molar-refractivity contribution in [1.29, 1.82) is 0 Å². The minimum atomic E-state index is -0.0320. The summed E-state index contributed by atoms with van der Waals surface area (Å²) in [4.78, 5) is 15.6. The van der Waals surface area contributed by atoms with Crippen LogP contribution in [0.5, 0.6) is 0 Å². The Labute approximate surface area is 155 Å².